The Balaban J connectivity index is 1.26. The number of benzene rings is 2. The van der Waals surface area contributed by atoms with E-state index in [4.69, 9.17) is 9.47 Å². The number of aliphatic hydroxyl groups excluding tert-OH is 2. The van der Waals surface area contributed by atoms with Crippen LogP contribution in [0.2, 0.25) is 0 Å². The standard InChI is InChI=1S/C29H38N2O4S/c1-34-23-9-10-26-25(18-23)24(12-14-30-26)27(33)11-8-21-13-16-31(19-22(21)20-32)15-5-17-36-29-7-4-3-6-28(29)35-2/h3-4,6-7,9-10,12,14,18,21-22,27,32-33H,5,8,11,13,15-17,19-20H2,1-2H3/t21-,22-,27+/m1/s1. The highest BCUT2D eigenvalue weighted by atomic mass is 32.2. The van der Waals surface area contributed by atoms with Crippen LogP contribution in [0.25, 0.3) is 10.9 Å². The summed E-state index contributed by atoms with van der Waals surface area (Å²) in [6.07, 6.45) is 4.93. The monoisotopic (exact) mass is 510 g/mol. The maximum atomic E-state index is 11.0. The molecule has 2 N–H and O–H groups in total. The minimum atomic E-state index is -0.563. The molecule has 1 aliphatic heterocycles. The second kappa shape index (κ2) is 13.3. The Kier molecular flexibility index (Phi) is 9.87. The number of pyridine rings is 1. The molecule has 36 heavy (non-hydrogen) atoms. The number of para-hydroxylation sites is 1. The van der Waals surface area contributed by atoms with Gasteiger partial charge in [0.1, 0.15) is 11.5 Å². The molecule has 0 aliphatic carbocycles. The summed E-state index contributed by atoms with van der Waals surface area (Å²) in [4.78, 5) is 8.10. The zero-order valence-corrected chi connectivity index (χ0v) is 22.1. The van der Waals surface area contributed by atoms with Gasteiger partial charge in [0, 0.05) is 29.6 Å². The molecule has 1 aromatic heterocycles. The molecule has 0 saturated carbocycles. The van der Waals surface area contributed by atoms with Gasteiger partial charge in [-0.05, 0) is 98.3 Å². The minimum Gasteiger partial charge on any atom is -0.497 e. The summed E-state index contributed by atoms with van der Waals surface area (Å²) in [5, 5.41) is 22.1. The normalized spacial score (nSPS) is 19.3. The smallest absolute Gasteiger partial charge is 0.132 e. The lowest BCUT2D eigenvalue weighted by Crippen LogP contribution is -2.42. The van der Waals surface area contributed by atoms with E-state index in [-0.39, 0.29) is 12.5 Å². The summed E-state index contributed by atoms with van der Waals surface area (Å²) in [7, 11) is 3.36. The molecule has 0 radical (unpaired) electrons. The molecule has 7 heteroatoms. The molecule has 2 heterocycles. The van der Waals surface area contributed by atoms with Gasteiger partial charge in [-0.2, -0.15) is 0 Å². The fourth-order valence-corrected chi connectivity index (χ4v) is 6.21. The Morgan fingerprint density at radius 3 is 2.78 bits per heavy atom. The molecule has 4 rings (SSSR count). The predicted octanol–water partition coefficient (Wildman–Crippen LogP) is 5.18. The Morgan fingerprint density at radius 1 is 1.11 bits per heavy atom. The van der Waals surface area contributed by atoms with Crippen LogP contribution in [0.15, 0.2) is 59.6 Å². The Labute approximate surface area is 218 Å². The van der Waals surface area contributed by atoms with E-state index in [9.17, 15) is 10.2 Å². The largest absolute Gasteiger partial charge is 0.497 e. The summed E-state index contributed by atoms with van der Waals surface area (Å²) in [6, 6.07) is 15.8. The molecule has 1 saturated heterocycles. The Morgan fingerprint density at radius 2 is 1.97 bits per heavy atom. The van der Waals surface area contributed by atoms with Gasteiger partial charge in [0.25, 0.3) is 0 Å². The second-order valence-corrected chi connectivity index (χ2v) is 10.7. The zero-order chi connectivity index (χ0) is 25.3. The number of rotatable bonds is 12. The highest BCUT2D eigenvalue weighted by molar-refractivity contribution is 7.99. The summed E-state index contributed by atoms with van der Waals surface area (Å²) in [6.45, 7) is 3.21. The molecule has 0 unspecified atom stereocenters. The molecule has 3 aromatic rings. The summed E-state index contributed by atoms with van der Waals surface area (Å²) in [5.74, 6) is 3.41. The van der Waals surface area contributed by atoms with Gasteiger partial charge in [-0.1, -0.05) is 12.1 Å². The molecule has 194 valence electrons. The van der Waals surface area contributed by atoms with Gasteiger partial charge in [-0.15, -0.1) is 11.8 Å². The van der Waals surface area contributed by atoms with Crippen molar-refractivity contribution in [2.45, 2.75) is 36.7 Å². The van der Waals surface area contributed by atoms with E-state index in [1.807, 2.05) is 54.2 Å². The van der Waals surface area contributed by atoms with E-state index in [1.165, 1.54) is 4.90 Å². The SMILES string of the molecule is COc1ccc2nccc([C@@H](O)CC[C@@H]3CCN(CCCSc4ccccc4OC)C[C@@H]3CO)c2c1. The molecule has 0 spiro atoms. The minimum absolute atomic E-state index is 0.197. The van der Waals surface area contributed by atoms with Crippen molar-refractivity contribution in [3.8, 4) is 11.5 Å². The number of methoxy groups -OCH3 is 2. The molecular formula is C29H38N2O4S. The van der Waals surface area contributed by atoms with Crippen LogP contribution in [-0.2, 0) is 0 Å². The Bertz CT molecular complexity index is 1110. The first kappa shape index (κ1) is 26.7. The predicted molar refractivity (Wildman–Crippen MR) is 146 cm³/mol. The van der Waals surface area contributed by atoms with Gasteiger partial charge >= 0.3 is 0 Å². The van der Waals surface area contributed by atoms with Crippen LogP contribution in [0.3, 0.4) is 0 Å². The second-order valence-electron chi connectivity index (χ2n) is 9.52. The number of piperidine rings is 1. The lowest BCUT2D eigenvalue weighted by atomic mass is 9.81. The fourth-order valence-electron chi connectivity index (χ4n) is 5.25. The number of aliphatic hydroxyl groups is 2. The lowest BCUT2D eigenvalue weighted by Gasteiger charge is -2.38. The molecule has 1 fully saturated rings. The van der Waals surface area contributed by atoms with Crippen molar-refractivity contribution in [3.63, 3.8) is 0 Å². The first-order chi connectivity index (χ1) is 17.6. The summed E-state index contributed by atoms with van der Waals surface area (Å²) < 4.78 is 10.8. The fraction of sp³-hybridized carbons (Fsp3) is 0.483. The average Bonchev–Trinajstić information content (AvgIpc) is 2.93. The highest BCUT2D eigenvalue weighted by Gasteiger charge is 2.29. The van der Waals surface area contributed by atoms with Crippen molar-refractivity contribution >= 4 is 22.7 Å². The number of thioether (sulfide) groups is 1. The van der Waals surface area contributed by atoms with Crippen LogP contribution < -0.4 is 9.47 Å². The van der Waals surface area contributed by atoms with E-state index in [0.29, 0.717) is 12.3 Å². The van der Waals surface area contributed by atoms with E-state index in [2.05, 4.69) is 16.0 Å². The molecular weight excluding hydrogens is 472 g/mol. The van der Waals surface area contributed by atoms with Crippen molar-refractivity contribution in [1.29, 1.82) is 0 Å². The summed E-state index contributed by atoms with van der Waals surface area (Å²) in [5.41, 5.74) is 1.75. The number of fused-ring (bicyclic) bond motifs is 1. The van der Waals surface area contributed by atoms with Crippen LogP contribution in [-0.4, -0.2) is 66.3 Å². The van der Waals surface area contributed by atoms with Crippen LogP contribution in [0.1, 0.15) is 37.4 Å². The molecule has 2 aromatic carbocycles. The third-order valence-electron chi connectivity index (χ3n) is 7.31. The van der Waals surface area contributed by atoms with E-state index in [1.54, 1.807) is 20.4 Å². The van der Waals surface area contributed by atoms with Gasteiger partial charge in [-0.3, -0.25) is 4.98 Å². The van der Waals surface area contributed by atoms with Gasteiger partial charge in [-0.25, -0.2) is 0 Å². The third kappa shape index (κ3) is 6.71. The van der Waals surface area contributed by atoms with Gasteiger partial charge < -0.3 is 24.6 Å². The molecule has 3 atom stereocenters. The number of hydrogen-bond acceptors (Lipinski definition) is 7. The maximum absolute atomic E-state index is 11.0. The van der Waals surface area contributed by atoms with Crippen LogP contribution in [0, 0.1) is 11.8 Å². The Hall–Kier alpha value is -2.32. The number of nitrogens with zero attached hydrogens (tertiary/aromatic N) is 2. The van der Waals surface area contributed by atoms with Crippen molar-refractivity contribution < 1.29 is 19.7 Å². The number of hydrogen-bond donors (Lipinski definition) is 2. The molecule has 0 bridgehead atoms. The van der Waals surface area contributed by atoms with Crippen molar-refractivity contribution in [2.24, 2.45) is 11.8 Å². The lowest BCUT2D eigenvalue weighted by molar-refractivity contribution is 0.0581. The van der Waals surface area contributed by atoms with Crippen LogP contribution >= 0.6 is 11.8 Å². The summed E-state index contributed by atoms with van der Waals surface area (Å²) >= 11 is 1.84. The van der Waals surface area contributed by atoms with Crippen LogP contribution in [0.5, 0.6) is 11.5 Å². The highest BCUT2D eigenvalue weighted by Crippen LogP contribution is 2.34. The first-order valence-corrected chi connectivity index (χ1v) is 13.8. The number of aromatic nitrogens is 1. The van der Waals surface area contributed by atoms with E-state index < -0.39 is 6.10 Å². The molecule has 1 aliphatic rings. The third-order valence-corrected chi connectivity index (χ3v) is 8.45. The topological polar surface area (TPSA) is 75.1 Å². The number of likely N-dealkylation sites (tertiary alicyclic amines) is 1. The van der Waals surface area contributed by atoms with Crippen molar-refractivity contribution in [2.75, 3.05) is 46.2 Å². The van der Waals surface area contributed by atoms with Crippen molar-refractivity contribution in [3.05, 3.63) is 60.3 Å². The van der Waals surface area contributed by atoms with Crippen LogP contribution in [0.4, 0.5) is 0 Å². The molecule has 6 nitrogen and oxygen atoms in total. The number of ether oxygens (including phenoxy) is 2. The van der Waals surface area contributed by atoms with E-state index in [0.717, 1.165) is 72.6 Å². The first-order valence-electron chi connectivity index (χ1n) is 12.8. The molecule has 0 amide bonds. The van der Waals surface area contributed by atoms with Gasteiger partial charge in [0.05, 0.1) is 25.8 Å². The van der Waals surface area contributed by atoms with Gasteiger partial charge in [0.2, 0.25) is 0 Å². The van der Waals surface area contributed by atoms with E-state index >= 15 is 0 Å². The van der Waals surface area contributed by atoms with Gasteiger partial charge in [0.15, 0.2) is 0 Å². The maximum Gasteiger partial charge on any atom is 0.132 e. The average molecular weight is 511 g/mol. The zero-order valence-electron chi connectivity index (χ0n) is 21.3. The van der Waals surface area contributed by atoms with Crippen molar-refractivity contribution in [1.82, 2.24) is 9.88 Å². The quantitative estimate of drug-likeness (QED) is 0.257.